The predicted octanol–water partition coefficient (Wildman–Crippen LogP) is 6.62. The first-order valence-electron chi connectivity index (χ1n) is 11.1. The van der Waals surface area contributed by atoms with Crippen LogP contribution in [0.3, 0.4) is 0 Å². The second-order valence-electron chi connectivity index (χ2n) is 10.3. The van der Waals surface area contributed by atoms with Crippen molar-refractivity contribution < 1.29 is 23.1 Å². The molecular formula is C27H35NO5. The van der Waals surface area contributed by atoms with Gasteiger partial charge >= 0.3 is 0 Å². The quantitative estimate of drug-likeness (QED) is 0.454. The molecule has 0 atom stereocenters. The van der Waals surface area contributed by atoms with Crippen LogP contribution in [-0.2, 0) is 15.6 Å². The molecule has 0 saturated heterocycles. The molecule has 0 aliphatic rings. The Hall–Kier alpha value is -3.15. The Bertz CT molecular complexity index is 1070. The number of amides is 1. The number of nitrogens with one attached hydrogen (secondary N) is 1. The largest absolute Gasteiger partial charge is 0.493 e. The van der Waals surface area contributed by atoms with Gasteiger partial charge in [0.2, 0.25) is 5.91 Å². The minimum atomic E-state index is -0.404. The van der Waals surface area contributed by atoms with E-state index in [-0.39, 0.29) is 16.7 Å². The van der Waals surface area contributed by atoms with E-state index in [9.17, 15) is 4.79 Å². The molecule has 1 N–H and O–H groups in total. The van der Waals surface area contributed by atoms with Crippen LogP contribution in [-0.4, -0.2) is 20.1 Å². The Morgan fingerprint density at radius 2 is 1.27 bits per heavy atom. The standard InChI is InChI=1S/C27H35NO5/c1-16(29)28-18-15-22(31-9)21(30-8)14-17(18)25(19-10-12-23(32-19)26(2,3)4)20-11-13-24(33-20)27(5,6)7/h10-15,25H,1-9H3,(H,28,29). The third kappa shape index (κ3) is 5.27. The third-order valence-corrected chi connectivity index (χ3v) is 5.48. The Labute approximate surface area is 196 Å². The summed E-state index contributed by atoms with van der Waals surface area (Å²) in [6, 6.07) is 11.6. The van der Waals surface area contributed by atoms with Crippen LogP contribution in [0.4, 0.5) is 5.69 Å². The van der Waals surface area contributed by atoms with E-state index in [1.54, 1.807) is 20.3 Å². The lowest BCUT2D eigenvalue weighted by Gasteiger charge is -2.21. The molecular weight excluding hydrogens is 418 g/mol. The summed E-state index contributed by atoms with van der Waals surface area (Å²) in [5, 5.41) is 2.94. The Kier molecular flexibility index (Phi) is 6.68. The van der Waals surface area contributed by atoms with Crippen molar-refractivity contribution in [1.29, 1.82) is 0 Å². The van der Waals surface area contributed by atoms with Gasteiger partial charge < -0.3 is 23.6 Å². The molecule has 0 radical (unpaired) electrons. The first-order chi connectivity index (χ1) is 15.3. The van der Waals surface area contributed by atoms with E-state index in [1.807, 2.05) is 30.3 Å². The smallest absolute Gasteiger partial charge is 0.221 e. The van der Waals surface area contributed by atoms with Crippen LogP contribution in [0.2, 0.25) is 0 Å². The van der Waals surface area contributed by atoms with Gasteiger partial charge in [0.05, 0.1) is 14.2 Å². The Balaban J connectivity index is 2.28. The fraction of sp³-hybridized carbons (Fsp3) is 0.444. The van der Waals surface area contributed by atoms with Crippen molar-refractivity contribution >= 4 is 11.6 Å². The van der Waals surface area contributed by atoms with Crippen molar-refractivity contribution in [3.8, 4) is 11.5 Å². The minimum Gasteiger partial charge on any atom is -0.493 e. The topological polar surface area (TPSA) is 73.8 Å². The summed E-state index contributed by atoms with van der Waals surface area (Å²) in [7, 11) is 3.15. The van der Waals surface area contributed by atoms with Gasteiger partial charge in [-0.1, -0.05) is 41.5 Å². The number of carbonyl (C=O) groups excluding carboxylic acids is 1. The molecule has 0 spiro atoms. The molecule has 178 valence electrons. The average molecular weight is 454 g/mol. The van der Waals surface area contributed by atoms with Gasteiger partial charge in [-0.2, -0.15) is 0 Å². The number of ether oxygens (including phenoxy) is 2. The van der Waals surface area contributed by atoms with E-state index in [0.717, 1.165) is 17.1 Å². The van der Waals surface area contributed by atoms with Crippen molar-refractivity contribution in [3.05, 3.63) is 65.0 Å². The lowest BCUT2D eigenvalue weighted by Crippen LogP contribution is -2.13. The highest BCUT2D eigenvalue weighted by Gasteiger charge is 2.31. The monoisotopic (exact) mass is 453 g/mol. The molecule has 33 heavy (non-hydrogen) atoms. The first kappa shape index (κ1) is 24.5. The van der Waals surface area contributed by atoms with Gasteiger partial charge in [-0.05, 0) is 35.9 Å². The summed E-state index contributed by atoms with van der Waals surface area (Å²) in [4.78, 5) is 12.1. The molecule has 3 rings (SSSR count). The van der Waals surface area contributed by atoms with Gasteiger partial charge in [0.25, 0.3) is 0 Å². The highest BCUT2D eigenvalue weighted by atomic mass is 16.5. The molecule has 3 aromatic rings. The SMILES string of the molecule is COc1cc(NC(C)=O)c(C(c2ccc(C(C)(C)C)o2)c2ccc(C(C)(C)C)o2)cc1OC. The summed E-state index contributed by atoms with van der Waals surface area (Å²) < 4.78 is 23.8. The van der Waals surface area contributed by atoms with E-state index in [1.165, 1.54) is 6.92 Å². The van der Waals surface area contributed by atoms with Crippen LogP contribution < -0.4 is 14.8 Å². The maximum Gasteiger partial charge on any atom is 0.221 e. The summed E-state index contributed by atoms with van der Waals surface area (Å²) in [6.45, 7) is 14.1. The number of anilines is 1. The Morgan fingerprint density at radius 1 is 0.818 bits per heavy atom. The number of furan rings is 2. The fourth-order valence-corrected chi connectivity index (χ4v) is 3.70. The second kappa shape index (κ2) is 9.00. The van der Waals surface area contributed by atoms with Crippen LogP contribution in [0.25, 0.3) is 0 Å². The van der Waals surface area contributed by atoms with Gasteiger partial charge in [0.15, 0.2) is 11.5 Å². The minimum absolute atomic E-state index is 0.152. The van der Waals surface area contributed by atoms with Crippen molar-refractivity contribution in [3.63, 3.8) is 0 Å². The van der Waals surface area contributed by atoms with E-state index < -0.39 is 5.92 Å². The van der Waals surface area contributed by atoms with Crippen LogP contribution in [0, 0.1) is 0 Å². The van der Waals surface area contributed by atoms with Crippen molar-refractivity contribution in [2.45, 2.75) is 65.2 Å². The van der Waals surface area contributed by atoms with Crippen LogP contribution in [0.5, 0.6) is 11.5 Å². The molecule has 0 fully saturated rings. The summed E-state index contributed by atoms with van der Waals surface area (Å²) in [6.07, 6.45) is 0. The van der Waals surface area contributed by atoms with Gasteiger partial charge in [-0.3, -0.25) is 4.79 Å². The molecule has 1 aromatic carbocycles. The van der Waals surface area contributed by atoms with E-state index in [0.29, 0.717) is 28.7 Å². The van der Waals surface area contributed by atoms with E-state index in [2.05, 4.69) is 46.9 Å². The van der Waals surface area contributed by atoms with Gasteiger partial charge in [-0.15, -0.1) is 0 Å². The van der Waals surface area contributed by atoms with Crippen LogP contribution >= 0.6 is 0 Å². The molecule has 0 aliphatic carbocycles. The lowest BCUT2D eigenvalue weighted by molar-refractivity contribution is -0.114. The van der Waals surface area contributed by atoms with Crippen molar-refractivity contribution in [2.24, 2.45) is 0 Å². The number of benzene rings is 1. The predicted molar refractivity (Wildman–Crippen MR) is 130 cm³/mol. The van der Waals surface area contributed by atoms with Crippen LogP contribution in [0.1, 0.15) is 83.0 Å². The zero-order valence-electron chi connectivity index (χ0n) is 21.1. The van der Waals surface area contributed by atoms with Gasteiger partial charge in [-0.25, -0.2) is 0 Å². The number of carbonyl (C=O) groups is 1. The fourth-order valence-electron chi connectivity index (χ4n) is 3.70. The molecule has 0 saturated carbocycles. The lowest BCUT2D eigenvalue weighted by atomic mass is 9.91. The van der Waals surface area contributed by atoms with Gasteiger partial charge in [0, 0.05) is 29.5 Å². The van der Waals surface area contributed by atoms with E-state index >= 15 is 0 Å². The molecule has 6 nitrogen and oxygen atoms in total. The summed E-state index contributed by atoms with van der Waals surface area (Å²) in [5.74, 6) is 3.65. The molecule has 2 heterocycles. The molecule has 2 aromatic heterocycles. The van der Waals surface area contributed by atoms with Crippen LogP contribution in [0.15, 0.2) is 45.2 Å². The maximum absolute atomic E-state index is 12.1. The molecule has 6 heteroatoms. The molecule has 1 amide bonds. The molecule has 0 aliphatic heterocycles. The Morgan fingerprint density at radius 3 is 1.64 bits per heavy atom. The normalized spacial score (nSPS) is 12.2. The zero-order chi connectivity index (χ0) is 24.6. The maximum atomic E-state index is 12.1. The average Bonchev–Trinajstić information content (AvgIpc) is 3.38. The summed E-state index contributed by atoms with van der Waals surface area (Å²) >= 11 is 0. The van der Waals surface area contributed by atoms with Crippen molar-refractivity contribution in [1.82, 2.24) is 0 Å². The number of rotatable bonds is 6. The molecule has 0 bridgehead atoms. The van der Waals surface area contributed by atoms with E-state index in [4.69, 9.17) is 18.3 Å². The number of methoxy groups -OCH3 is 2. The number of hydrogen-bond donors (Lipinski definition) is 1. The van der Waals surface area contributed by atoms with Gasteiger partial charge in [0.1, 0.15) is 29.0 Å². The van der Waals surface area contributed by atoms with Crippen molar-refractivity contribution in [2.75, 3.05) is 19.5 Å². The zero-order valence-corrected chi connectivity index (χ0v) is 21.1. The highest BCUT2D eigenvalue weighted by Crippen LogP contribution is 2.44. The highest BCUT2D eigenvalue weighted by molar-refractivity contribution is 5.90. The first-order valence-corrected chi connectivity index (χ1v) is 11.1. The number of hydrogen-bond acceptors (Lipinski definition) is 5. The second-order valence-corrected chi connectivity index (χ2v) is 10.3. The molecule has 0 unspecified atom stereocenters. The summed E-state index contributed by atoms with van der Waals surface area (Å²) in [5.41, 5.74) is 1.08. The third-order valence-electron chi connectivity index (χ3n) is 5.48.